The summed E-state index contributed by atoms with van der Waals surface area (Å²) in [5.41, 5.74) is 0.271. The highest BCUT2D eigenvalue weighted by Gasteiger charge is 2.22. The van der Waals surface area contributed by atoms with Gasteiger partial charge >= 0.3 is 11.4 Å². The number of aromatic nitrogens is 3. The van der Waals surface area contributed by atoms with Crippen molar-refractivity contribution in [3.8, 4) is 5.69 Å². The Labute approximate surface area is 178 Å². The van der Waals surface area contributed by atoms with Gasteiger partial charge in [0.25, 0.3) is 10.0 Å². The van der Waals surface area contributed by atoms with Gasteiger partial charge < -0.3 is 4.90 Å². The van der Waals surface area contributed by atoms with Gasteiger partial charge in [0.2, 0.25) is 5.91 Å². The van der Waals surface area contributed by atoms with Crippen LogP contribution in [0.25, 0.3) is 5.69 Å². The van der Waals surface area contributed by atoms with Gasteiger partial charge in [-0.25, -0.2) is 31.9 Å². The summed E-state index contributed by atoms with van der Waals surface area (Å²) in [5.74, 6) is 0.0289. The van der Waals surface area contributed by atoms with Crippen molar-refractivity contribution in [2.24, 2.45) is 14.1 Å². The standard InChI is InChI=1S/C20H21N5O5S/c1-22-19(27)25(20(28)23(22)2)16-7-5-14(6-8-16)21-31(29,30)17-11-9-15(10-12-17)24-13-3-4-18(24)26/h5-12,21H,3-4,13H2,1-2H3. The van der Waals surface area contributed by atoms with E-state index in [1.165, 1.54) is 59.9 Å². The van der Waals surface area contributed by atoms with Crippen LogP contribution in [-0.4, -0.2) is 34.8 Å². The number of nitrogens with zero attached hydrogens (tertiary/aromatic N) is 4. The molecule has 1 aromatic heterocycles. The van der Waals surface area contributed by atoms with Gasteiger partial charge in [-0.15, -0.1) is 0 Å². The number of amides is 1. The predicted molar refractivity (Wildman–Crippen MR) is 115 cm³/mol. The van der Waals surface area contributed by atoms with Gasteiger partial charge in [0, 0.05) is 38.4 Å². The maximum atomic E-state index is 12.7. The Bertz CT molecular complexity index is 1330. The first-order chi connectivity index (χ1) is 14.7. The number of hydrogen-bond acceptors (Lipinski definition) is 5. The minimum Gasteiger partial charge on any atom is -0.312 e. The minimum atomic E-state index is -3.86. The van der Waals surface area contributed by atoms with E-state index in [-0.39, 0.29) is 16.5 Å². The molecule has 0 radical (unpaired) electrons. The minimum absolute atomic E-state index is 0.0289. The molecule has 162 valence electrons. The molecule has 1 amide bonds. The molecule has 10 nitrogen and oxygen atoms in total. The molecule has 1 aliphatic heterocycles. The molecule has 0 atom stereocenters. The summed E-state index contributed by atoms with van der Waals surface area (Å²) in [6.07, 6.45) is 1.29. The SMILES string of the molecule is Cn1c(=O)n(-c2ccc(NS(=O)(=O)c3ccc(N4CCCC4=O)cc3)cc2)c(=O)n1C. The van der Waals surface area contributed by atoms with E-state index in [2.05, 4.69) is 4.72 Å². The van der Waals surface area contributed by atoms with Crippen molar-refractivity contribution in [3.63, 3.8) is 0 Å². The molecule has 4 rings (SSSR count). The van der Waals surface area contributed by atoms with Gasteiger partial charge in [0.1, 0.15) is 0 Å². The number of nitrogens with one attached hydrogen (secondary N) is 1. The maximum Gasteiger partial charge on any atom is 0.351 e. The van der Waals surface area contributed by atoms with Crippen molar-refractivity contribution < 1.29 is 13.2 Å². The molecule has 1 aliphatic rings. The van der Waals surface area contributed by atoms with Crippen LogP contribution in [0, 0.1) is 0 Å². The van der Waals surface area contributed by atoms with E-state index in [4.69, 9.17) is 0 Å². The average Bonchev–Trinajstić information content (AvgIpc) is 3.26. The summed E-state index contributed by atoms with van der Waals surface area (Å²) < 4.78 is 31.2. The number of anilines is 2. The van der Waals surface area contributed by atoms with Crippen molar-refractivity contribution in [1.29, 1.82) is 0 Å². The zero-order valence-corrected chi connectivity index (χ0v) is 17.8. The predicted octanol–water partition coefficient (Wildman–Crippen LogP) is 0.802. The first-order valence-electron chi connectivity index (χ1n) is 9.58. The van der Waals surface area contributed by atoms with E-state index < -0.39 is 21.4 Å². The highest BCUT2D eigenvalue weighted by Crippen LogP contribution is 2.24. The van der Waals surface area contributed by atoms with E-state index in [0.717, 1.165) is 11.0 Å². The van der Waals surface area contributed by atoms with Crippen molar-refractivity contribution in [1.82, 2.24) is 13.9 Å². The van der Waals surface area contributed by atoms with Gasteiger partial charge in [0.15, 0.2) is 0 Å². The van der Waals surface area contributed by atoms with E-state index >= 15 is 0 Å². The normalized spacial score (nSPS) is 14.3. The molecule has 1 saturated heterocycles. The Hall–Kier alpha value is -3.60. The van der Waals surface area contributed by atoms with Crippen LogP contribution >= 0.6 is 0 Å². The molecule has 2 heterocycles. The number of sulfonamides is 1. The average molecular weight is 443 g/mol. The third-order valence-corrected chi connectivity index (χ3v) is 6.69. The van der Waals surface area contributed by atoms with E-state index in [1.54, 1.807) is 17.0 Å². The summed E-state index contributed by atoms with van der Waals surface area (Å²) in [7, 11) is -0.896. The van der Waals surface area contributed by atoms with Crippen molar-refractivity contribution in [3.05, 3.63) is 69.5 Å². The van der Waals surface area contributed by atoms with Crippen LogP contribution in [0.2, 0.25) is 0 Å². The van der Waals surface area contributed by atoms with Crippen LogP contribution in [0.15, 0.2) is 63.0 Å². The summed E-state index contributed by atoms with van der Waals surface area (Å²) in [5, 5.41) is 0. The summed E-state index contributed by atoms with van der Waals surface area (Å²) in [6, 6.07) is 12.0. The van der Waals surface area contributed by atoms with Crippen LogP contribution < -0.4 is 21.0 Å². The highest BCUT2D eigenvalue weighted by molar-refractivity contribution is 7.92. The molecule has 11 heteroatoms. The fourth-order valence-electron chi connectivity index (χ4n) is 3.47. The summed E-state index contributed by atoms with van der Waals surface area (Å²) in [6.45, 7) is 0.628. The number of rotatable bonds is 5. The Morgan fingerprint density at radius 1 is 0.806 bits per heavy atom. The lowest BCUT2D eigenvalue weighted by molar-refractivity contribution is -0.117. The van der Waals surface area contributed by atoms with Crippen molar-refractivity contribution >= 4 is 27.3 Å². The summed E-state index contributed by atoms with van der Waals surface area (Å²) in [4.78, 5) is 38.0. The number of carbonyl (C=O) groups is 1. The lowest BCUT2D eigenvalue weighted by Gasteiger charge is -2.16. The van der Waals surface area contributed by atoms with Crippen LogP contribution in [0.4, 0.5) is 11.4 Å². The first-order valence-corrected chi connectivity index (χ1v) is 11.1. The fourth-order valence-corrected chi connectivity index (χ4v) is 4.53. The first kappa shape index (κ1) is 20.7. The Balaban J connectivity index is 1.55. The molecule has 1 N–H and O–H groups in total. The molecule has 0 bridgehead atoms. The third-order valence-electron chi connectivity index (χ3n) is 5.30. The van der Waals surface area contributed by atoms with Gasteiger partial charge in [-0.05, 0) is 55.0 Å². The topological polar surface area (TPSA) is 115 Å². The second-order valence-corrected chi connectivity index (χ2v) is 8.93. The number of hydrogen-bond donors (Lipinski definition) is 1. The molecular weight excluding hydrogens is 422 g/mol. The highest BCUT2D eigenvalue weighted by atomic mass is 32.2. The molecule has 0 aliphatic carbocycles. The molecule has 3 aromatic rings. The van der Waals surface area contributed by atoms with E-state index in [0.29, 0.717) is 24.3 Å². The summed E-state index contributed by atoms with van der Waals surface area (Å²) >= 11 is 0. The monoisotopic (exact) mass is 443 g/mol. The Morgan fingerprint density at radius 2 is 1.35 bits per heavy atom. The Kier molecular flexibility index (Phi) is 5.05. The quantitative estimate of drug-likeness (QED) is 0.626. The molecule has 0 saturated carbocycles. The van der Waals surface area contributed by atoms with Crippen LogP contribution in [-0.2, 0) is 28.9 Å². The molecule has 31 heavy (non-hydrogen) atoms. The third kappa shape index (κ3) is 3.67. The van der Waals surface area contributed by atoms with Crippen LogP contribution in [0.3, 0.4) is 0 Å². The molecular formula is C20H21N5O5S. The van der Waals surface area contributed by atoms with Gasteiger partial charge in [-0.3, -0.25) is 9.52 Å². The van der Waals surface area contributed by atoms with Crippen LogP contribution in [0.1, 0.15) is 12.8 Å². The van der Waals surface area contributed by atoms with Gasteiger partial charge in [-0.2, -0.15) is 0 Å². The zero-order chi connectivity index (χ0) is 22.3. The smallest absolute Gasteiger partial charge is 0.312 e. The maximum absolute atomic E-state index is 12.7. The van der Waals surface area contributed by atoms with Crippen LogP contribution in [0.5, 0.6) is 0 Å². The van der Waals surface area contributed by atoms with Gasteiger partial charge in [0.05, 0.1) is 10.6 Å². The number of carbonyl (C=O) groups excluding carboxylic acids is 1. The molecule has 0 unspecified atom stereocenters. The van der Waals surface area contributed by atoms with Crippen molar-refractivity contribution in [2.45, 2.75) is 17.7 Å². The fraction of sp³-hybridized carbons (Fsp3) is 0.250. The second kappa shape index (κ2) is 7.58. The van der Waals surface area contributed by atoms with Gasteiger partial charge in [-0.1, -0.05) is 0 Å². The molecule has 2 aromatic carbocycles. The van der Waals surface area contributed by atoms with E-state index in [9.17, 15) is 22.8 Å². The zero-order valence-electron chi connectivity index (χ0n) is 17.0. The largest absolute Gasteiger partial charge is 0.351 e. The lowest BCUT2D eigenvalue weighted by Crippen LogP contribution is -2.26. The number of benzene rings is 2. The molecule has 0 spiro atoms. The Morgan fingerprint density at radius 3 is 1.87 bits per heavy atom. The van der Waals surface area contributed by atoms with E-state index in [1.807, 2.05) is 0 Å². The second-order valence-electron chi connectivity index (χ2n) is 7.24. The van der Waals surface area contributed by atoms with Crippen molar-refractivity contribution in [2.75, 3.05) is 16.2 Å². The lowest BCUT2D eigenvalue weighted by atomic mass is 10.3. The molecule has 1 fully saturated rings.